The van der Waals surface area contributed by atoms with Crippen LogP contribution < -0.4 is 5.32 Å². The summed E-state index contributed by atoms with van der Waals surface area (Å²) in [5.74, 6) is 0.207. The molecule has 1 rings (SSSR count). The van der Waals surface area contributed by atoms with Crippen LogP contribution in [-0.4, -0.2) is 18.9 Å². The van der Waals surface area contributed by atoms with Gasteiger partial charge >= 0.3 is 0 Å². The minimum absolute atomic E-state index is 0.207. The predicted octanol–water partition coefficient (Wildman–Crippen LogP) is 2.26. The first kappa shape index (κ1) is 12.8. The van der Waals surface area contributed by atoms with E-state index in [1.807, 2.05) is 36.4 Å². The summed E-state index contributed by atoms with van der Waals surface area (Å²) < 4.78 is 0. The molecule has 78 valence electrons. The van der Waals surface area contributed by atoms with Gasteiger partial charge in [0.15, 0.2) is 0 Å². The molecule has 0 heterocycles. The Kier molecular flexibility index (Phi) is 9.12. The lowest BCUT2D eigenvalue weighted by Crippen LogP contribution is -2.21. The molecule has 0 saturated carbocycles. The summed E-state index contributed by atoms with van der Waals surface area (Å²) >= 11 is 0. The molecular weight excluding hydrogens is 174 g/mol. The molecule has 0 bridgehead atoms. The summed E-state index contributed by atoms with van der Waals surface area (Å²) in [6.07, 6.45) is 1.09. The van der Waals surface area contributed by atoms with E-state index in [9.17, 15) is 4.79 Å². The van der Waals surface area contributed by atoms with Gasteiger partial charge in [-0.05, 0) is 19.9 Å². The van der Waals surface area contributed by atoms with E-state index < -0.39 is 0 Å². The number of carbonyl (C=O) groups excluding carboxylic acids is 1. The van der Waals surface area contributed by atoms with Crippen molar-refractivity contribution in [1.29, 1.82) is 0 Å². The number of ketones is 1. The Morgan fingerprint density at radius 2 is 1.50 bits per heavy atom. The van der Waals surface area contributed by atoms with Crippen LogP contribution in [0.3, 0.4) is 0 Å². The van der Waals surface area contributed by atoms with Crippen molar-refractivity contribution in [1.82, 2.24) is 5.32 Å². The van der Waals surface area contributed by atoms with Crippen molar-refractivity contribution in [3.8, 4) is 0 Å². The van der Waals surface area contributed by atoms with Crippen LogP contribution in [0, 0.1) is 0 Å². The number of hydrogen-bond acceptors (Lipinski definition) is 2. The Morgan fingerprint density at radius 3 is 1.79 bits per heavy atom. The summed E-state index contributed by atoms with van der Waals surface area (Å²) in [6.45, 7) is 5.13. The molecule has 0 aliphatic carbocycles. The fourth-order valence-corrected chi connectivity index (χ4v) is 0.826. The van der Waals surface area contributed by atoms with Gasteiger partial charge in [-0.1, -0.05) is 43.3 Å². The molecule has 2 heteroatoms. The standard InChI is InChI=1S/C6H13NO.C6H6/c1-3-4-7-5-6(2)8;1-2-4-6-5-3-1/h7H,3-5H2,1-2H3;1-6H. The Morgan fingerprint density at radius 1 is 1.07 bits per heavy atom. The third-order valence-corrected chi connectivity index (χ3v) is 1.47. The number of nitrogens with one attached hydrogen (secondary N) is 1. The molecule has 0 aromatic heterocycles. The van der Waals surface area contributed by atoms with Gasteiger partial charge in [0, 0.05) is 0 Å². The van der Waals surface area contributed by atoms with Crippen molar-refractivity contribution >= 4 is 5.78 Å². The molecule has 0 spiro atoms. The molecule has 1 aromatic rings. The normalized spacial score (nSPS) is 8.71. The second-order valence-electron chi connectivity index (χ2n) is 3.03. The van der Waals surface area contributed by atoms with Crippen LogP contribution in [0.2, 0.25) is 0 Å². The summed E-state index contributed by atoms with van der Waals surface area (Å²) in [4.78, 5) is 10.3. The van der Waals surface area contributed by atoms with Crippen LogP contribution >= 0.6 is 0 Å². The van der Waals surface area contributed by atoms with E-state index in [1.165, 1.54) is 0 Å². The van der Waals surface area contributed by atoms with Crippen LogP contribution in [0.25, 0.3) is 0 Å². The van der Waals surface area contributed by atoms with Crippen molar-refractivity contribution in [2.45, 2.75) is 20.3 Å². The molecule has 0 aliphatic heterocycles. The van der Waals surface area contributed by atoms with Crippen LogP contribution in [0.5, 0.6) is 0 Å². The quantitative estimate of drug-likeness (QED) is 0.743. The van der Waals surface area contributed by atoms with E-state index >= 15 is 0 Å². The summed E-state index contributed by atoms with van der Waals surface area (Å²) in [5.41, 5.74) is 0. The lowest BCUT2D eigenvalue weighted by atomic mass is 10.4. The van der Waals surface area contributed by atoms with Crippen LogP contribution in [0.1, 0.15) is 20.3 Å². The van der Waals surface area contributed by atoms with Gasteiger partial charge in [-0.3, -0.25) is 4.79 Å². The maximum Gasteiger partial charge on any atom is 0.143 e. The smallest absolute Gasteiger partial charge is 0.143 e. The van der Waals surface area contributed by atoms with Crippen LogP contribution in [-0.2, 0) is 4.79 Å². The average Bonchev–Trinajstić information content (AvgIpc) is 2.21. The number of benzene rings is 1. The van der Waals surface area contributed by atoms with Crippen LogP contribution in [0.4, 0.5) is 0 Å². The molecule has 0 atom stereocenters. The van der Waals surface area contributed by atoms with Gasteiger partial charge in [0.05, 0.1) is 6.54 Å². The highest BCUT2D eigenvalue weighted by Crippen LogP contribution is 1.79. The highest BCUT2D eigenvalue weighted by molar-refractivity contribution is 5.77. The molecule has 14 heavy (non-hydrogen) atoms. The molecule has 1 aromatic carbocycles. The molecule has 0 saturated heterocycles. The third kappa shape index (κ3) is 10.8. The zero-order valence-corrected chi connectivity index (χ0v) is 8.99. The van der Waals surface area contributed by atoms with E-state index in [2.05, 4.69) is 12.2 Å². The Labute approximate surface area is 86.3 Å². The lowest BCUT2D eigenvalue weighted by Gasteiger charge is -1.95. The summed E-state index contributed by atoms with van der Waals surface area (Å²) in [6, 6.07) is 12.0. The highest BCUT2D eigenvalue weighted by atomic mass is 16.1. The number of rotatable bonds is 4. The minimum atomic E-state index is 0.207. The third-order valence-electron chi connectivity index (χ3n) is 1.47. The number of Topliss-reactive ketones (excluding diaryl/α,β-unsaturated/α-hetero) is 1. The molecule has 0 aliphatic rings. The van der Waals surface area contributed by atoms with E-state index in [0.29, 0.717) is 6.54 Å². The summed E-state index contributed by atoms with van der Waals surface area (Å²) in [5, 5.41) is 2.98. The average molecular weight is 193 g/mol. The van der Waals surface area contributed by atoms with E-state index in [-0.39, 0.29) is 5.78 Å². The summed E-state index contributed by atoms with van der Waals surface area (Å²) in [7, 11) is 0. The largest absolute Gasteiger partial charge is 0.310 e. The lowest BCUT2D eigenvalue weighted by molar-refractivity contribution is -0.116. The van der Waals surface area contributed by atoms with E-state index in [4.69, 9.17) is 0 Å². The molecule has 0 radical (unpaired) electrons. The van der Waals surface area contributed by atoms with Crippen molar-refractivity contribution < 1.29 is 4.79 Å². The minimum Gasteiger partial charge on any atom is -0.310 e. The SMILES string of the molecule is CCCNCC(C)=O.c1ccccc1. The van der Waals surface area contributed by atoms with Crippen molar-refractivity contribution in [2.75, 3.05) is 13.1 Å². The monoisotopic (exact) mass is 193 g/mol. The van der Waals surface area contributed by atoms with Crippen molar-refractivity contribution in [3.05, 3.63) is 36.4 Å². The molecule has 2 nitrogen and oxygen atoms in total. The van der Waals surface area contributed by atoms with Gasteiger partial charge < -0.3 is 5.32 Å². The first-order valence-electron chi connectivity index (χ1n) is 4.97. The van der Waals surface area contributed by atoms with Gasteiger partial charge in [-0.25, -0.2) is 0 Å². The predicted molar refractivity (Wildman–Crippen MR) is 60.3 cm³/mol. The molecule has 1 N–H and O–H groups in total. The zero-order valence-electron chi connectivity index (χ0n) is 8.99. The van der Waals surface area contributed by atoms with Crippen molar-refractivity contribution in [3.63, 3.8) is 0 Å². The van der Waals surface area contributed by atoms with Crippen LogP contribution in [0.15, 0.2) is 36.4 Å². The molecule has 0 fully saturated rings. The van der Waals surface area contributed by atoms with Gasteiger partial charge in [0.2, 0.25) is 0 Å². The van der Waals surface area contributed by atoms with Gasteiger partial charge in [-0.2, -0.15) is 0 Å². The Hall–Kier alpha value is -1.15. The van der Waals surface area contributed by atoms with E-state index in [1.54, 1.807) is 6.92 Å². The molecule has 0 unspecified atom stereocenters. The fraction of sp³-hybridized carbons (Fsp3) is 0.417. The highest BCUT2D eigenvalue weighted by Gasteiger charge is 1.87. The second kappa shape index (κ2) is 9.93. The zero-order chi connectivity index (χ0) is 10.6. The molecular formula is C12H19NO. The van der Waals surface area contributed by atoms with Crippen molar-refractivity contribution in [2.24, 2.45) is 0 Å². The topological polar surface area (TPSA) is 29.1 Å². The maximum atomic E-state index is 10.3. The van der Waals surface area contributed by atoms with Gasteiger partial charge in [-0.15, -0.1) is 0 Å². The Bertz CT molecular complexity index is 194. The van der Waals surface area contributed by atoms with Gasteiger partial charge in [0.25, 0.3) is 0 Å². The Balaban J connectivity index is 0.000000249. The second-order valence-corrected chi connectivity index (χ2v) is 3.03. The number of hydrogen-bond donors (Lipinski definition) is 1. The number of carbonyl (C=O) groups is 1. The first-order valence-corrected chi connectivity index (χ1v) is 4.97. The van der Waals surface area contributed by atoms with E-state index in [0.717, 1.165) is 13.0 Å². The molecule has 0 amide bonds. The van der Waals surface area contributed by atoms with Gasteiger partial charge in [0.1, 0.15) is 5.78 Å². The first-order chi connectivity index (χ1) is 6.77. The fourth-order valence-electron chi connectivity index (χ4n) is 0.826. The maximum absolute atomic E-state index is 10.3.